The summed E-state index contributed by atoms with van der Waals surface area (Å²) in [5.41, 5.74) is 1.90. The number of amides is 1. The van der Waals surface area contributed by atoms with Crippen LogP contribution in [0.4, 0.5) is 0 Å². The zero-order chi connectivity index (χ0) is 22.0. The van der Waals surface area contributed by atoms with Crippen LogP contribution in [0.1, 0.15) is 51.9 Å². The van der Waals surface area contributed by atoms with E-state index in [1.807, 2.05) is 18.2 Å². The van der Waals surface area contributed by atoms with Gasteiger partial charge < -0.3 is 20.0 Å². The summed E-state index contributed by atoms with van der Waals surface area (Å²) in [5, 5.41) is 4.06. The van der Waals surface area contributed by atoms with Crippen LogP contribution in [0.2, 0.25) is 0 Å². The van der Waals surface area contributed by atoms with Gasteiger partial charge in [0.05, 0.1) is 12.6 Å². The highest BCUT2D eigenvalue weighted by Gasteiger charge is 2.22. The number of nitrogens with zero attached hydrogens (tertiary/aromatic N) is 1. The van der Waals surface area contributed by atoms with Crippen molar-refractivity contribution in [3.63, 3.8) is 0 Å². The van der Waals surface area contributed by atoms with Gasteiger partial charge in [-0.2, -0.15) is 0 Å². The standard InChI is InChI=1S/C23H30N4O3S/c1-14-7-3-4-8-17(14)24-19(28)9-5-6-12-27-22(29)21-20(26-23(27)31)16-13-15(30-2)10-11-18(16)25-21/h10-11,13-14,17,25H,3-9,12H2,1-2H3,(H,24,28)(H,26,31)/t14-,17+/m1/s1. The Balaban J connectivity index is 1.41. The lowest BCUT2D eigenvalue weighted by Gasteiger charge is -2.29. The molecule has 8 heteroatoms. The Labute approximate surface area is 186 Å². The van der Waals surface area contributed by atoms with Crippen molar-refractivity contribution in [2.45, 2.75) is 64.5 Å². The smallest absolute Gasteiger partial charge is 0.278 e. The Bertz CT molecular complexity index is 1210. The quantitative estimate of drug-likeness (QED) is 0.373. The maximum atomic E-state index is 13.0. The van der Waals surface area contributed by atoms with E-state index in [1.165, 1.54) is 19.3 Å². The molecule has 0 unspecified atom stereocenters. The van der Waals surface area contributed by atoms with Crippen molar-refractivity contribution in [3.05, 3.63) is 33.3 Å². The number of H-pyrrole nitrogens is 2. The first-order valence-electron chi connectivity index (χ1n) is 11.1. The van der Waals surface area contributed by atoms with Gasteiger partial charge in [-0.15, -0.1) is 0 Å². The number of ether oxygens (including phenoxy) is 1. The Morgan fingerprint density at radius 3 is 2.81 bits per heavy atom. The van der Waals surface area contributed by atoms with Gasteiger partial charge in [0.25, 0.3) is 5.56 Å². The minimum atomic E-state index is -0.144. The molecule has 2 heterocycles. The van der Waals surface area contributed by atoms with Crippen LogP contribution in [0, 0.1) is 10.7 Å². The predicted molar refractivity (Wildman–Crippen MR) is 125 cm³/mol. The van der Waals surface area contributed by atoms with Crippen LogP contribution >= 0.6 is 12.2 Å². The first-order valence-corrected chi connectivity index (χ1v) is 11.5. The van der Waals surface area contributed by atoms with Crippen LogP contribution in [-0.2, 0) is 11.3 Å². The van der Waals surface area contributed by atoms with E-state index in [1.54, 1.807) is 11.7 Å². The highest BCUT2D eigenvalue weighted by atomic mass is 32.1. The summed E-state index contributed by atoms with van der Waals surface area (Å²) in [6.45, 7) is 2.70. The van der Waals surface area contributed by atoms with E-state index in [4.69, 9.17) is 17.0 Å². The van der Waals surface area contributed by atoms with Crippen LogP contribution in [0.25, 0.3) is 21.9 Å². The lowest BCUT2D eigenvalue weighted by atomic mass is 9.86. The molecule has 3 N–H and O–H groups in total. The van der Waals surface area contributed by atoms with Crippen LogP contribution < -0.4 is 15.6 Å². The van der Waals surface area contributed by atoms with Gasteiger partial charge in [0.1, 0.15) is 11.3 Å². The second kappa shape index (κ2) is 9.26. The van der Waals surface area contributed by atoms with Crippen molar-refractivity contribution in [1.29, 1.82) is 0 Å². The number of carbonyl (C=O) groups is 1. The number of aromatic nitrogens is 3. The summed E-state index contributed by atoms with van der Waals surface area (Å²) < 4.78 is 7.26. The summed E-state index contributed by atoms with van der Waals surface area (Å²) >= 11 is 5.46. The van der Waals surface area contributed by atoms with Gasteiger partial charge >= 0.3 is 0 Å². The molecule has 1 aliphatic rings. The molecule has 1 saturated carbocycles. The zero-order valence-corrected chi connectivity index (χ0v) is 18.9. The number of methoxy groups -OCH3 is 1. The molecule has 1 aromatic carbocycles. The Morgan fingerprint density at radius 1 is 1.23 bits per heavy atom. The van der Waals surface area contributed by atoms with Crippen molar-refractivity contribution in [3.8, 4) is 5.75 Å². The van der Waals surface area contributed by atoms with Crippen molar-refractivity contribution in [2.24, 2.45) is 5.92 Å². The van der Waals surface area contributed by atoms with E-state index >= 15 is 0 Å². The second-order valence-corrected chi connectivity index (χ2v) is 8.95. The number of carbonyl (C=O) groups excluding carboxylic acids is 1. The van der Waals surface area contributed by atoms with E-state index in [0.717, 1.165) is 29.5 Å². The minimum absolute atomic E-state index is 0.108. The molecule has 2 aromatic heterocycles. The number of benzene rings is 1. The van der Waals surface area contributed by atoms with Gasteiger partial charge in [-0.25, -0.2) is 0 Å². The fourth-order valence-electron chi connectivity index (χ4n) is 4.56. The highest BCUT2D eigenvalue weighted by molar-refractivity contribution is 7.71. The molecule has 1 amide bonds. The van der Waals surface area contributed by atoms with E-state index in [2.05, 4.69) is 22.2 Å². The van der Waals surface area contributed by atoms with E-state index in [9.17, 15) is 9.59 Å². The summed E-state index contributed by atoms with van der Waals surface area (Å²) in [5.74, 6) is 1.38. The van der Waals surface area contributed by atoms with Gasteiger partial charge in [-0.05, 0) is 62.0 Å². The van der Waals surface area contributed by atoms with E-state index in [0.29, 0.717) is 47.2 Å². The summed E-state index contributed by atoms with van der Waals surface area (Å²) in [7, 11) is 1.61. The summed E-state index contributed by atoms with van der Waals surface area (Å²) in [4.78, 5) is 31.7. The van der Waals surface area contributed by atoms with E-state index < -0.39 is 0 Å². The molecule has 0 radical (unpaired) electrons. The third-order valence-corrected chi connectivity index (χ3v) is 6.76. The zero-order valence-electron chi connectivity index (χ0n) is 18.1. The van der Waals surface area contributed by atoms with Gasteiger partial charge in [-0.3, -0.25) is 14.2 Å². The molecule has 7 nitrogen and oxygen atoms in total. The number of hydrogen-bond acceptors (Lipinski definition) is 4. The molecule has 1 fully saturated rings. The van der Waals surface area contributed by atoms with Crippen molar-refractivity contribution < 1.29 is 9.53 Å². The van der Waals surface area contributed by atoms with E-state index in [-0.39, 0.29) is 11.5 Å². The van der Waals surface area contributed by atoms with Crippen LogP contribution in [0.3, 0.4) is 0 Å². The molecule has 166 valence electrons. The second-order valence-electron chi connectivity index (χ2n) is 8.57. The summed E-state index contributed by atoms with van der Waals surface area (Å²) in [6.07, 6.45) is 6.63. The van der Waals surface area contributed by atoms with Crippen molar-refractivity contribution in [1.82, 2.24) is 19.9 Å². The molecule has 2 atom stereocenters. The number of hydrogen-bond donors (Lipinski definition) is 3. The van der Waals surface area contributed by atoms with Crippen LogP contribution in [0.5, 0.6) is 5.75 Å². The number of rotatable bonds is 7. The third-order valence-electron chi connectivity index (χ3n) is 6.44. The number of aromatic amines is 2. The largest absolute Gasteiger partial charge is 0.497 e. The number of unbranched alkanes of at least 4 members (excludes halogenated alkanes) is 1. The topological polar surface area (TPSA) is 91.9 Å². The molecule has 0 aliphatic heterocycles. The fourth-order valence-corrected chi connectivity index (χ4v) is 4.83. The lowest BCUT2D eigenvalue weighted by Crippen LogP contribution is -2.40. The first kappa shape index (κ1) is 21.6. The SMILES string of the molecule is COc1ccc2[nH]c3c(=O)n(CCCCC(=O)N[C@H]4CCCC[C@H]4C)c(=S)[nH]c3c2c1. The average Bonchev–Trinajstić information content (AvgIpc) is 3.12. The molecule has 3 aromatic rings. The minimum Gasteiger partial charge on any atom is -0.497 e. The number of nitrogens with one attached hydrogen (secondary N) is 3. The fraction of sp³-hybridized carbons (Fsp3) is 0.522. The first-order chi connectivity index (χ1) is 15.0. The van der Waals surface area contributed by atoms with Gasteiger partial charge in [0.15, 0.2) is 4.77 Å². The molecular formula is C23H30N4O3S. The Hall–Kier alpha value is -2.61. The maximum absolute atomic E-state index is 13.0. The predicted octanol–water partition coefficient (Wildman–Crippen LogP) is 4.41. The number of fused-ring (bicyclic) bond motifs is 3. The lowest BCUT2D eigenvalue weighted by molar-refractivity contribution is -0.122. The summed E-state index contributed by atoms with van der Waals surface area (Å²) in [6, 6.07) is 5.93. The molecule has 0 bridgehead atoms. The van der Waals surface area contributed by atoms with Gasteiger partial charge in [-0.1, -0.05) is 19.8 Å². The van der Waals surface area contributed by atoms with Crippen LogP contribution in [-0.4, -0.2) is 33.6 Å². The van der Waals surface area contributed by atoms with Crippen LogP contribution in [0.15, 0.2) is 23.0 Å². The molecule has 0 spiro atoms. The molecule has 1 aliphatic carbocycles. The highest BCUT2D eigenvalue weighted by Crippen LogP contribution is 2.26. The Kier molecular flexibility index (Phi) is 6.46. The van der Waals surface area contributed by atoms with Crippen molar-refractivity contribution in [2.75, 3.05) is 7.11 Å². The monoisotopic (exact) mass is 442 g/mol. The van der Waals surface area contributed by atoms with Gasteiger partial charge in [0.2, 0.25) is 5.91 Å². The third kappa shape index (κ3) is 4.54. The molecule has 0 saturated heterocycles. The molecule has 31 heavy (non-hydrogen) atoms. The molecular weight excluding hydrogens is 412 g/mol. The maximum Gasteiger partial charge on any atom is 0.278 e. The van der Waals surface area contributed by atoms with Gasteiger partial charge in [0, 0.05) is 29.9 Å². The molecule has 4 rings (SSSR count). The average molecular weight is 443 g/mol. The Morgan fingerprint density at radius 2 is 2.03 bits per heavy atom. The van der Waals surface area contributed by atoms with Crippen molar-refractivity contribution >= 4 is 40.1 Å². The normalized spacial score (nSPS) is 19.0.